The van der Waals surface area contributed by atoms with Crippen molar-refractivity contribution >= 4 is 17.7 Å². The standard InChI is InChI=1S/C12H18N2O2S/c1-9(12(15)16-2)6-17-7-11-5-13-8-14(11)10-3-4-10/h5,8-10H,3-4,6-7H2,1-2H3. The van der Waals surface area contributed by atoms with Gasteiger partial charge in [-0.2, -0.15) is 11.8 Å². The number of carbonyl (C=O) groups excluding carboxylic acids is 1. The van der Waals surface area contributed by atoms with Gasteiger partial charge in [0.15, 0.2) is 0 Å². The molecule has 94 valence electrons. The summed E-state index contributed by atoms with van der Waals surface area (Å²) in [6, 6.07) is 0.672. The van der Waals surface area contributed by atoms with Gasteiger partial charge in [-0.1, -0.05) is 6.92 Å². The lowest BCUT2D eigenvalue weighted by atomic mass is 10.2. The first-order valence-corrected chi connectivity index (χ1v) is 7.04. The maximum Gasteiger partial charge on any atom is 0.309 e. The molecule has 2 rings (SSSR count). The molecule has 1 fully saturated rings. The molecular formula is C12H18N2O2S. The Morgan fingerprint density at radius 3 is 3.12 bits per heavy atom. The third-order valence-electron chi connectivity index (χ3n) is 2.91. The second kappa shape index (κ2) is 5.58. The van der Waals surface area contributed by atoms with Gasteiger partial charge in [0.25, 0.3) is 0 Å². The normalized spacial score (nSPS) is 16.8. The monoisotopic (exact) mass is 254 g/mol. The van der Waals surface area contributed by atoms with Crippen LogP contribution in [-0.4, -0.2) is 28.4 Å². The predicted molar refractivity (Wildman–Crippen MR) is 67.8 cm³/mol. The summed E-state index contributed by atoms with van der Waals surface area (Å²) in [4.78, 5) is 15.4. The van der Waals surface area contributed by atoms with Gasteiger partial charge in [0.05, 0.1) is 19.4 Å². The number of esters is 1. The van der Waals surface area contributed by atoms with Crippen LogP contribution in [0.15, 0.2) is 12.5 Å². The predicted octanol–water partition coefficient (Wildman–Crippen LogP) is 2.26. The minimum Gasteiger partial charge on any atom is -0.469 e. The first kappa shape index (κ1) is 12.5. The molecule has 0 aliphatic heterocycles. The van der Waals surface area contributed by atoms with Gasteiger partial charge in [0.2, 0.25) is 0 Å². The van der Waals surface area contributed by atoms with Crippen molar-refractivity contribution in [3.63, 3.8) is 0 Å². The molecule has 1 aromatic heterocycles. The molecule has 0 N–H and O–H groups in total. The van der Waals surface area contributed by atoms with Gasteiger partial charge < -0.3 is 9.30 Å². The number of hydrogen-bond acceptors (Lipinski definition) is 4. The van der Waals surface area contributed by atoms with Crippen molar-refractivity contribution in [2.24, 2.45) is 5.92 Å². The van der Waals surface area contributed by atoms with Crippen molar-refractivity contribution in [3.8, 4) is 0 Å². The van der Waals surface area contributed by atoms with Crippen molar-refractivity contribution in [3.05, 3.63) is 18.2 Å². The van der Waals surface area contributed by atoms with E-state index in [0.29, 0.717) is 6.04 Å². The molecule has 4 nitrogen and oxygen atoms in total. The van der Waals surface area contributed by atoms with Crippen LogP contribution in [0.3, 0.4) is 0 Å². The van der Waals surface area contributed by atoms with Crippen LogP contribution in [-0.2, 0) is 15.3 Å². The lowest BCUT2D eigenvalue weighted by molar-refractivity contribution is -0.143. The van der Waals surface area contributed by atoms with Crippen molar-refractivity contribution in [2.75, 3.05) is 12.9 Å². The highest BCUT2D eigenvalue weighted by Crippen LogP contribution is 2.36. The Kier molecular flexibility index (Phi) is 4.10. The molecule has 5 heteroatoms. The minimum absolute atomic E-state index is 0.0395. The van der Waals surface area contributed by atoms with E-state index in [-0.39, 0.29) is 11.9 Å². The van der Waals surface area contributed by atoms with E-state index in [1.807, 2.05) is 19.4 Å². The molecule has 0 saturated heterocycles. The summed E-state index contributed by atoms with van der Waals surface area (Å²) in [6.07, 6.45) is 6.38. The summed E-state index contributed by atoms with van der Waals surface area (Å²) in [6.45, 7) is 1.90. The van der Waals surface area contributed by atoms with Crippen molar-refractivity contribution < 1.29 is 9.53 Å². The number of rotatable bonds is 6. The van der Waals surface area contributed by atoms with Gasteiger partial charge in [0.1, 0.15) is 0 Å². The van der Waals surface area contributed by atoms with Gasteiger partial charge in [0, 0.05) is 29.4 Å². The number of aromatic nitrogens is 2. The number of imidazole rings is 1. The molecule has 17 heavy (non-hydrogen) atoms. The van der Waals surface area contributed by atoms with Gasteiger partial charge in [-0.3, -0.25) is 4.79 Å². The highest BCUT2D eigenvalue weighted by Gasteiger charge is 2.25. The summed E-state index contributed by atoms with van der Waals surface area (Å²) in [5.41, 5.74) is 1.26. The topological polar surface area (TPSA) is 44.1 Å². The quantitative estimate of drug-likeness (QED) is 0.730. The Bertz CT molecular complexity index is 388. The highest BCUT2D eigenvalue weighted by molar-refractivity contribution is 7.98. The van der Waals surface area contributed by atoms with E-state index in [4.69, 9.17) is 4.74 Å². The van der Waals surface area contributed by atoms with Gasteiger partial charge in [-0.05, 0) is 12.8 Å². The van der Waals surface area contributed by atoms with Crippen LogP contribution in [0.1, 0.15) is 31.5 Å². The highest BCUT2D eigenvalue weighted by atomic mass is 32.2. The van der Waals surface area contributed by atoms with Crippen LogP contribution < -0.4 is 0 Å². The average Bonchev–Trinajstić information content (AvgIpc) is 3.08. The molecule has 1 aliphatic carbocycles. The zero-order chi connectivity index (χ0) is 12.3. The lowest BCUT2D eigenvalue weighted by Crippen LogP contribution is -2.15. The Balaban J connectivity index is 1.78. The van der Waals surface area contributed by atoms with Crippen molar-refractivity contribution in [1.29, 1.82) is 0 Å². The molecular weight excluding hydrogens is 236 g/mol. The maximum absolute atomic E-state index is 11.2. The van der Waals surface area contributed by atoms with E-state index in [1.54, 1.807) is 11.8 Å². The summed E-state index contributed by atoms with van der Waals surface area (Å²) >= 11 is 1.76. The van der Waals surface area contributed by atoms with E-state index in [1.165, 1.54) is 25.6 Å². The van der Waals surface area contributed by atoms with Crippen LogP contribution >= 0.6 is 11.8 Å². The van der Waals surface area contributed by atoms with E-state index in [9.17, 15) is 4.79 Å². The van der Waals surface area contributed by atoms with Crippen LogP contribution in [0.25, 0.3) is 0 Å². The molecule has 0 amide bonds. The van der Waals surface area contributed by atoms with Crippen LogP contribution in [0.5, 0.6) is 0 Å². The zero-order valence-electron chi connectivity index (χ0n) is 10.3. The fourth-order valence-electron chi connectivity index (χ4n) is 1.73. The maximum atomic E-state index is 11.2. The fraction of sp³-hybridized carbons (Fsp3) is 0.667. The molecule has 1 aromatic rings. The number of methoxy groups -OCH3 is 1. The number of ether oxygens (including phenoxy) is 1. The van der Waals surface area contributed by atoms with Gasteiger partial charge in [-0.15, -0.1) is 0 Å². The van der Waals surface area contributed by atoms with Gasteiger partial charge >= 0.3 is 5.97 Å². The Morgan fingerprint density at radius 2 is 2.47 bits per heavy atom. The van der Waals surface area contributed by atoms with E-state index in [0.717, 1.165) is 11.5 Å². The van der Waals surface area contributed by atoms with Crippen molar-refractivity contribution in [1.82, 2.24) is 9.55 Å². The van der Waals surface area contributed by atoms with Crippen molar-refractivity contribution in [2.45, 2.75) is 31.6 Å². The van der Waals surface area contributed by atoms with Crippen LogP contribution in [0.4, 0.5) is 0 Å². The Hall–Kier alpha value is -0.970. The SMILES string of the molecule is COC(=O)C(C)CSCc1cncn1C1CC1. The Morgan fingerprint density at radius 1 is 1.71 bits per heavy atom. The van der Waals surface area contributed by atoms with E-state index >= 15 is 0 Å². The fourth-order valence-corrected chi connectivity index (χ4v) is 2.78. The van der Waals surface area contributed by atoms with Gasteiger partial charge in [-0.25, -0.2) is 4.98 Å². The number of carbonyl (C=O) groups is 1. The third kappa shape index (κ3) is 3.25. The summed E-state index contributed by atoms with van der Waals surface area (Å²) < 4.78 is 6.96. The first-order valence-electron chi connectivity index (χ1n) is 5.88. The van der Waals surface area contributed by atoms with E-state index in [2.05, 4.69) is 9.55 Å². The number of nitrogens with zero attached hydrogens (tertiary/aromatic N) is 2. The second-order valence-electron chi connectivity index (χ2n) is 4.46. The largest absolute Gasteiger partial charge is 0.469 e. The molecule has 0 spiro atoms. The number of hydrogen-bond donors (Lipinski definition) is 0. The summed E-state index contributed by atoms with van der Waals surface area (Å²) in [5.74, 6) is 1.54. The third-order valence-corrected chi connectivity index (χ3v) is 4.14. The molecule has 1 aliphatic rings. The lowest BCUT2D eigenvalue weighted by Gasteiger charge is -2.09. The summed E-state index contributed by atoms with van der Waals surface area (Å²) in [7, 11) is 1.44. The Labute approximate surface area is 106 Å². The van der Waals surface area contributed by atoms with E-state index < -0.39 is 0 Å². The molecule has 1 heterocycles. The zero-order valence-corrected chi connectivity index (χ0v) is 11.1. The number of thioether (sulfide) groups is 1. The second-order valence-corrected chi connectivity index (χ2v) is 5.49. The minimum atomic E-state index is -0.131. The summed E-state index contributed by atoms with van der Waals surface area (Å²) in [5, 5.41) is 0. The molecule has 1 unspecified atom stereocenters. The first-order chi connectivity index (χ1) is 8.22. The molecule has 1 saturated carbocycles. The molecule has 1 atom stereocenters. The smallest absolute Gasteiger partial charge is 0.309 e. The van der Waals surface area contributed by atoms with Crippen LogP contribution in [0, 0.1) is 5.92 Å². The van der Waals surface area contributed by atoms with Crippen LogP contribution in [0.2, 0.25) is 0 Å². The average molecular weight is 254 g/mol. The molecule has 0 bridgehead atoms. The molecule has 0 radical (unpaired) electrons. The molecule has 0 aromatic carbocycles.